The molecule has 16 heavy (non-hydrogen) atoms. The van der Waals surface area contributed by atoms with Gasteiger partial charge in [-0.25, -0.2) is 0 Å². The van der Waals surface area contributed by atoms with Gasteiger partial charge >= 0.3 is 0 Å². The second-order valence-electron chi connectivity index (χ2n) is 3.24. The van der Waals surface area contributed by atoms with Crippen molar-refractivity contribution in [3.05, 3.63) is 52.7 Å². The number of non-ortho nitro benzene ring substituents is 1. The standard InChI is InChI=1S/C11H9N3O2/c12-10-7-8(14(15)16)4-5-9(10)11-3-1-2-6-13-11/h1-7H,12H2. The fourth-order valence-corrected chi connectivity index (χ4v) is 1.42. The molecule has 0 amide bonds. The number of benzene rings is 1. The number of anilines is 1. The lowest BCUT2D eigenvalue weighted by atomic mass is 10.1. The van der Waals surface area contributed by atoms with E-state index in [1.54, 1.807) is 24.4 Å². The van der Waals surface area contributed by atoms with Gasteiger partial charge in [-0.2, -0.15) is 0 Å². The molecule has 5 heteroatoms. The van der Waals surface area contributed by atoms with Crippen LogP contribution in [0.4, 0.5) is 11.4 Å². The van der Waals surface area contributed by atoms with E-state index in [0.717, 1.165) is 0 Å². The Kier molecular flexibility index (Phi) is 2.51. The lowest BCUT2D eigenvalue weighted by Crippen LogP contribution is -1.94. The Bertz CT molecular complexity index is 526. The molecule has 1 aromatic heterocycles. The van der Waals surface area contributed by atoms with Gasteiger partial charge in [-0.15, -0.1) is 0 Å². The summed E-state index contributed by atoms with van der Waals surface area (Å²) in [6.45, 7) is 0. The zero-order chi connectivity index (χ0) is 11.5. The molecule has 0 saturated heterocycles. The van der Waals surface area contributed by atoms with Crippen LogP contribution in [0.5, 0.6) is 0 Å². The average molecular weight is 215 g/mol. The van der Waals surface area contributed by atoms with Crippen LogP contribution in [0.25, 0.3) is 11.3 Å². The van der Waals surface area contributed by atoms with Crippen LogP contribution in [0.15, 0.2) is 42.6 Å². The number of hydrogen-bond donors (Lipinski definition) is 1. The van der Waals surface area contributed by atoms with Crippen molar-refractivity contribution in [2.75, 3.05) is 5.73 Å². The molecule has 0 radical (unpaired) electrons. The Morgan fingerprint density at radius 1 is 1.25 bits per heavy atom. The van der Waals surface area contributed by atoms with Gasteiger partial charge < -0.3 is 5.73 Å². The highest BCUT2D eigenvalue weighted by molar-refractivity contribution is 5.75. The molecule has 2 N–H and O–H groups in total. The van der Waals surface area contributed by atoms with E-state index in [0.29, 0.717) is 16.9 Å². The summed E-state index contributed by atoms with van der Waals surface area (Å²) in [5.41, 5.74) is 7.49. The Morgan fingerprint density at radius 3 is 2.62 bits per heavy atom. The molecule has 0 unspecified atom stereocenters. The summed E-state index contributed by atoms with van der Waals surface area (Å²) >= 11 is 0. The number of nitro benzene ring substituents is 1. The van der Waals surface area contributed by atoms with E-state index >= 15 is 0 Å². The van der Waals surface area contributed by atoms with E-state index in [1.807, 2.05) is 6.07 Å². The summed E-state index contributed by atoms with van der Waals surface area (Å²) in [5, 5.41) is 10.5. The average Bonchev–Trinajstić information content (AvgIpc) is 2.30. The number of rotatable bonds is 2. The zero-order valence-corrected chi connectivity index (χ0v) is 8.33. The zero-order valence-electron chi connectivity index (χ0n) is 8.33. The normalized spacial score (nSPS) is 10.0. The third kappa shape index (κ3) is 1.83. The molecule has 0 spiro atoms. The van der Waals surface area contributed by atoms with E-state index in [2.05, 4.69) is 4.98 Å². The topological polar surface area (TPSA) is 82.0 Å². The first-order valence-corrected chi connectivity index (χ1v) is 4.64. The summed E-state index contributed by atoms with van der Waals surface area (Å²) < 4.78 is 0. The number of nitrogen functional groups attached to an aromatic ring is 1. The first-order chi connectivity index (χ1) is 7.68. The maximum atomic E-state index is 10.5. The van der Waals surface area contributed by atoms with E-state index in [4.69, 9.17) is 5.73 Å². The van der Waals surface area contributed by atoms with Gasteiger partial charge in [-0.05, 0) is 18.2 Å². The second-order valence-corrected chi connectivity index (χ2v) is 3.24. The molecule has 0 atom stereocenters. The third-order valence-electron chi connectivity index (χ3n) is 2.19. The quantitative estimate of drug-likeness (QED) is 0.473. The van der Waals surface area contributed by atoms with Gasteiger partial charge in [-0.1, -0.05) is 6.07 Å². The Balaban J connectivity index is 2.48. The van der Waals surface area contributed by atoms with E-state index in [9.17, 15) is 10.1 Å². The number of hydrogen-bond acceptors (Lipinski definition) is 4. The van der Waals surface area contributed by atoms with Crippen LogP contribution in [-0.4, -0.2) is 9.91 Å². The fourth-order valence-electron chi connectivity index (χ4n) is 1.42. The SMILES string of the molecule is Nc1cc([N+](=O)[O-])ccc1-c1ccccn1. The maximum Gasteiger partial charge on any atom is 0.271 e. The van der Waals surface area contributed by atoms with Crippen LogP contribution in [0.1, 0.15) is 0 Å². The molecule has 0 saturated carbocycles. The van der Waals surface area contributed by atoms with Crippen LogP contribution in [0.3, 0.4) is 0 Å². The summed E-state index contributed by atoms with van der Waals surface area (Å²) in [5.74, 6) is 0. The molecule has 1 heterocycles. The molecule has 2 aromatic rings. The Hall–Kier alpha value is -2.43. The summed E-state index contributed by atoms with van der Waals surface area (Å²) in [6.07, 6.45) is 1.65. The van der Waals surface area contributed by atoms with Crippen LogP contribution in [0, 0.1) is 10.1 Å². The third-order valence-corrected chi connectivity index (χ3v) is 2.19. The van der Waals surface area contributed by atoms with Crippen molar-refractivity contribution in [2.24, 2.45) is 0 Å². The largest absolute Gasteiger partial charge is 0.398 e. The molecular formula is C11H9N3O2. The predicted octanol–water partition coefficient (Wildman–Crippen LogP) is 2.24. The minimum absolute atomic E-state index is 0.0165. The van der Waals surface area contributed by atoms with Crippen molar-refractivity contribution in [3.63, 3.8) is 0 Å². The molecule has 1 aromatic carbocycles. The lowest BCUT2D eigenvalue weighted by molar-refractivity contribution is -0.384. The smallest absolute Gasteiger partial charge is 0.271 e. The Labute approximate surface area is 91.7 Å². The fraction of sp³-hybridized carbons (Fsp3) is 0. The minimum atomic E-state index is -0.474. The highest BCUT2D eigenvalue weighted by Crippen LogP contribution is 2.27. The maximum absolute atomic E-state index is 10.5. The van der Waals surface area contributed by atoms with Crippen LogP contribution < -0.4 is 5.73 Å². The van der Waals surface area contributed by atoms with Gasteiger partial charge in [0.25, 0.3) is 5.69 Å². The van der Waals surface area contributed by atoms with E-state index in [1.165, 1.54) is 12.1 Å². The lowest BCUT2D eigenvalue weighted by Gasteiger charge is -2.03. The Morgan fingerprint density at radius 2 is 2.06 bits per heavy atom. The van der Waals surface area contributed by atoms with Crippen LogP contribution in [0.2, 0.25) is 0 Å². The first kappa shape index (κ1) is 10.1. The molecule has 0 bridgehead atoms. The molecule has 5 nitrogen and oxygen atoms in total. The van der Waals surface area contributed by atoms with Gasteiger partial charge in [0.15, 0.2) is 0 Å². The monoisotopic (exact) mass is 215 g/mol. The number of nitrogens with two attached hydrogens (primary N) is 1. The van der Waals surface area contributed by atoms with Crippen molar-refractivity contribution in [1.29, 1.82) is 0 Å². The van der Waals surface area contributed by atoms with E-state index in [-0.39, 0.29) is 5.69 Å². The van der Waals surface area contributed by atoms with Crippen molar-refractivity contribution in [1.82, 2.24) is 4.98 Å². The van der Waals surface area contributed by atoms with Gasteiger partial charge in [0.2, 0.25) is 0 Å². The summed E-state index contributed by atoms with van der Waals surface area (Å²) in [6, 6.07) is 9.80. The first-order valence-electron chi connectivity index (χ1n) is 4.64. The van der Waals surface area contributed by atoms with Crippen molar-refractivity contribution < 1.29 is 4.92 Å². The van der Waals surface area contributed by atoms with Gasteiger partial charge in [0.05, 0.1) is 10.6 Å². The molecule has 0 aliphatic heterocycles. The molecule has 0 aliphatic carbocycles. The number of nitro groups is 1. The minimum Gasteiger partial charge on any atom is -0.398 e. The summed E-state index contributed by atoms with van der Waals surface area (Å²) in [4.78, 5) is 14.2. The number of nitrogens with zero attached hydrogens (tertiary/aromatic N) is 2. The molecule has 0 aliphatic rings. The number of pyridine rings is 1. The van der Waals surface area contributed by atoms with Gasteiger partial charge in [-0.3, -0.25) is 15.1 Å². The molecular weight excluding hydrogens is 206 g/mol. The summed E-state index contributed by atoms with van der Waals surface area (Å²) in [7, 11) is 0. The van der Waals surface area contributed by atoms with Crippen LogP contribution >= 0.6 is 0 Å². The predicted molar refractivity (Wildman–Crippen MR) is 60.7 cm³/mol. The van der Waals surface area contributed by atoms with E-state index < -0.39 is 4.92 Å². The molecule has 2 rings (SSSR count). The van der Waals surface area contributed by atoms with Gasteiger partial charge in [0, 0.05) is 29.6 Å². The highest BCUT2D eigenvalue weighted by Gasteiger charge is 2.10. The van der Waals surface area contributed by atoms with Crippen molar-refractivity contribution in [3.8, 4) is 11.3 Å². The number of aromatic nitrogens is 1. The second kappa shape index (κ2) is 3.98. The van der Waals surface area contributed by atoms with Crippen molar-refractivity contribution >= 4 is 11.4 Å². The molecule has 0 fully saturated rings. The van der Waals surface area contributed by atoms with Crippen molar-refractivity contribution in [2.45, 2.75) is 0 Å². The highest BCUT2D eigenvalue weighted by atomic mass is 16.6. The van der Waals surface area contributed by atoms with Gasteiger partial charge in [0.1, 0.15) is 0 Å². The molecule has 80 valence electrons. The van der Waals surface area contributed by atoms with Crippen LogP contribution in [-0.2, 0) is 0 Å².